The van der Waals surface area contributed by atoms with Crippen LogP contribution in [0, 0.1) is 13.8 Å². The number of hydrogen-bond acceptors (Lipinski definition) is 3. The van der Waals surface area contributed by atoms with Gasteiger partial charge >= 0.3 is 0 Å². The molecule has 0 aliphatic rings. The van der Waals surface area contributed by atoms with Crippen molar-refractivity contribution in [1.29, 1.82) is 0 Å². The molecule has 1 amide bonds. The molecular weight excluding hydrogens is 290 g/mol. The maximum absolute atomic E-state index is 12.1. The van der Waals surface area contributed by atoms with E-state index >= 15 is 0 Å². The van der Waals surface area contributed by atoms with E-state index in [4.69, 9.17) is 4.74 Å². The maximum Gasteiger partial charge on any atom is 0.253 e. The molecule has 0 aliphatic carbocycles. The van der Waals surface area contributed by atoms with Crippen LogP contribution in [0.2, 0.25) is 0 Å². The molecule has 0 bridgehead atoms. The van der Waals surface area contributed by atoms with Crippen LogP contribution >= 0.6 is 0 Å². The summed E-state index contributed by atoms with van der Waals surface area (Å²) in [6.07, 6.45) is -0.455. The first kappa shape index (κ1) is 17.0. The second-order valence-electron chi connectivity index (χ2n) is 5.72. The highest BCUT2D eigenvalue weighted by Gasteiger charge is 2.17. The predicted molar refractivity (Wildman–Crippen MR) is 90.6 cm³/mol. The fourth-order valence-corrected chi connectivity index (χ4v) is 2.60. The van der Waals surface area contributed by atoms with Gasteiger partial charge in [-0.1, -0.05) is 41.5 Å². The number of methoxy groups -OCH3 is 1. The van der Waals surface area contributed by atoms with Crippen molar-refractivity contribution < 1.29 is 14.6 Å². The van der Waals surface area contributed by atoms with Gasteiger partial charge < -0.3 is 15.2 Å². The Morgan fingerprint density at radius 1 is 1.17 bits per heavy atom. The Morgan fingerprint density at radius 2 is 1.87 bits per heavy atom. The summed E-state index contributed by atoms with van der Waals surface area (Å²) in [5.41, 5.74) is 4.12. The average Bonchev–Trinajstić information content (AvgIpc) is 2.53. The Morgan fingerprint density at radius 3 is 2.52 bits per heavy atom. The molecule has 0 radical (unpaired) electrons. The quantitative estimate of drug-likeness (QED) is 0.862. The van der Waals surface area contributed by atoms with Gasteiger partial charge in [-0.15, -0.1) is 0 Å². The summed E-state index contributed by atoms with van der Waals surface area (Å²) in [4.78, 5) is 12.1. The Labute approximate surface area is 137 Å². The molecule has 0 aromatic heterocycles. The van der Waals surface area contributed by atoms with E-state index in [2.05, 4.69) is 37.4 Å². The first-order chi connectivity index (χ1) is 11.0. The van der Waals surface area contributed by atoms with E-state index in [-0.39, 0.29) is 0 Å². The number of aliphatic hydroxyl groups is 1. The number of benzene rings is 2. The van der Waals surface area contributed by atoms with Crippen molar-refractivity contribution in [1.82, 2.24) is 5.32 Å². The summed E-state index contributed by atoms with van der Waals surface area (Å²) in [6.45, 7) is 4.60. The topological polar surface area (TPSA) is 58.6 Å². The molecule has 1 unspecified atom stereocenters. The second kappa shape index (κ2) is 7.79. The average molecular weight is 313 g/mol. The Kier molecular flexibility index (Phi) is 5.77. The molecule has 0 saturated carbocycles. The van der Waals surface area contributed by atoms with Crippen molar-refractivity contribution in [3.05, 3.63) is 64.7 Å². The molecule has 4 heteroatoms. The van der Waals surface area contributed by atoms with Crippen molar-refractivity contribution >= 4 is 5.91 Å². The molecule has 122 valence electrons. The maximum atomic E-state index is 12.1. The summed E-state index contributed by atoms with van der Waals surface area (Å²) in [7, 11) is 1.55. The van der Waals surface area contributed by atoms with Gasteiger partial charge in [0.2, 0.25) is 0 Å². The fourth-order valence-electron chi connectivity index (χ4n) is 2.60. The Hall–Kier alpha value is -2.33. The lowest BCUT2D eigenvalue weighted by atomic mass is 10.0. The monoisotopic (exact) mass is 313 g/mol. The Balaban J connectivity index is 1.91. The van der Waals surface area contributed by atoms with Crippen molar-refractivity contribution in [3.8, 4) is 5.75 Å². The van der Waals surface area contributed by atoms with E-state index in [1.54, 1.807) is 31.4 Å². The molecule has 2 aromatic carbocycles. The van der Waals surface area contributed by atoms with Crippen molar-refractivity contribution in [3.63, 3.8) is 0 Å². The van der Waals surface area contributed by atoms with E-state index in [0.717, 1.165) is 6.42 Å². The van der Waals surface area contributed by atoms with Gasteiger partial charge in [-0.3, -0.25) is 4.79 Å². The van der Waals surface area contributed by atoms with Crippen LogP contribution in [0.25, 0.3) is 0 Å². The lowest BCUT2D eigenvalue weighted by Crippen LogP contribution is -2.31. The van der Waals surface area contributed by atoms with Crippen LogP contribution in [0.1, 0.15) is 28.4 Å². The van der Waals surface area contributed by atoms with Gasteiger partial charge in [0, 0.05) is 6.54 Å². The third-order valence-electron chi connectivity index (χ3n) is 3.65. The number of ether oxygens (including phenoxy) is 1. The van der Waals surface area contributed by atoms with E-state index in [9.17, 15) is 9.90 Å². The lowest BCUT2D eigenvalue weighted by molar-refractivity contribution is -0.129. The zero-order valence-electron chi connectivity index (χ0n) is 13.8. The SMILES string of the molecule is COc1cccc(C(O)C(=O)NCCc2cc(C)cc(C)c2)c1. The van der Waals surface area contributed by atoms with Gasteiger partial charge in [0.15, 0.2) is 6.10 Å². The molecule has 2 rings (SSSR count). The molecule has 0 spiro atoms. The highest BCUT2D eigenvalue weighted by Crippen LogP contribution is 2.19. The summed E-state index contributed by atoms with van der Waals surface area (Å²) < 4.78 is 5.10. The number of carbonyl (C=O) groups is 1. The van der Waals surface area contributed by atoms with Gasteiger partial charge in [0.05, 0.1) is 7.11 Å². The molecule has 23 heavy (non-hydrogen) atoms. The molecule has 0 fully saturated rings. The normalized spacial score (nSPS) is 11.8. The van der Waals surface area contributed by atoms with E-state index in [0.29, 0.717) is 17.9 Å². The van der Waals surface area contributed by atoms with E-state index in [1.807, 2.05) is 0 Å². The zero-order chi connectivity index (χ0) is 16.8. The third-order valence-corrected chi connectivity index (χ3v) is 3.65. The first-order valence-electron chi connectivity index (χ1n) is 7.66. The van der Waals surface area contributed by atoms with Gasteiger partial charge in [-0.05, 0) is 43.5 Å². The van der Waals surface area contributed by atoms with Crippen LogP contribution in [-0.4, -0.2) is 24.7 Å². The minimum Gasteiger partial charge on any atom is -0.497 e. The number of rotatable bonds is 6. The number of amides is 1. The number of nitrogens with one attached hydrogen (secondary N) is 1. The fraction of sp³-hybridized carbons (Fsp3) is 0.316. The standard InChI is InChI=1S/C19H23NO3/c1-13-9-14(2)11-15(10-13)7-8-20-19(22)18(21)16-5-4-6-17(12-16)23-3/h4-6,9-12,18,21H,7-8H2,1-3H3,(H,20,22). The van der Waals surface area contributed by atoms with Crippen LogP contribution in [0.3, 0.4) is 0 Å². The number of aryl methyl sites for hydroxylation is 2. The van der Waals surface area contributed by atoms with Crippen LogP contribution < -0.4 is 10.1 Å². The van der Waals surface area contributed by atoms with Gasteiger partial charge in [-0.2, -0.15) is 0 Å². The summed E-state index contributed by atoms with van der Waals surface area (Å²) in [6, 6.07) is 13.2. The summed E-state index contributed by atoms with van der Waals surface area (Å²) in [5.74, 6) is 0.215. The molecular formula is C19H23NO3. The van der Waals surface area contributed by atoms with Gasteiger partial charge in [0.25, 0.3) is 5.91 Å². The second-order valence-corrected chi connectivity index (χ2v) is 5.72. The van der Waals surface area contributed by atoms with Crippen LogP contribution in [0.5, 0.6) is 5.75 Å². The molecule has 2 aromatic rings. The zero-order valence-corrected chi connectivity index (χ0v) is 13.8. The molecule has 1 atom stereocenters. The van der Waals surface area contributed by atoms with Crippen LogP contribution in [0.15, 0.2) is 42.5 Å². The molecule has 0 saturated heterocycles. The first-order valence-corrected chi connectivity index (χ1v) is 7.66. The molecule has 4 nitrogen and oxygen atoms in total. The summed E-state index contributed by atoms with van der Waals surface area (Å²) in [5, 5.41) is 12.9. The van der Waals surface area contributed by atoms with Gasteiger partial charge in [0.1, 0.15) is 5.75 Å². The van der Waals surface area contributed by atoms with E-state index < -0.39 is 12.0 Å². The van der Waals surface area contributed by atoms with Gasteiger partial charge in [-0.25, -0.2) is 0 Å². The number of aliphatic hydroxyl groups excluding tert-OH is 1. The minimum absolute atomic E-state index is 0.400. The minimum atomic E-state index is -1.19. The number of hydrogen-bond donors (Lipinski definition) is 2. The molecule has 2 N–H and O–H groups in total. The molecule has 0 aliphatic heterocycles. The molecule has 0 heterocycles. The van der Waals surface area contributed by atoms with E-state index in [1.165, 1.54) is 16.7 Å². The highest BCUT2D eigenvalue weighted by atomic mass is 16.5. The Bertz CT molecular complexity index is 662. The lowest BCUT2D eigenvalue weighted by Gasteiger charge is -2.13. The summed E-state index contributed by atoms with van der Waals surface area (Å²) >= 11 is 0. The largest absolute Gasteiger partial charge is 0.497 e. The smallest absolute Gasteiger partial charge is 0.253 e. The van der Waals surface area contributed by atoms with Crippen molar-refractivity contribution in [2.24, 2.45) is 0 Å². The number of carbonyl (C=O) groups excluding carboxylic acids is 1. The third kappa shape index (κ3) is 4.83. The van der Waals surface area contributed by atoms with Crippen molar-refractivity contribution in [2.75, 3.05) is 13.7 Å². The van der Waals surface area contributed by atoms with Crippen LogP contribution in [-0.2, 0) is 11.2 Å². The van der Waals surface area contributed by atoms with Crippen LogP contribution in [0.4, 0.5) is 0 Å². The highest BCUT2D eigenvalue weighted by molar-refractivity contribution is 5.82. The predicted octanol–water partition coefficient (Wildman–Crippen LogP) is 2.70. The van der Waals surface area contributed by atoms with Crippen molar-refractivity contribution in [2.45, 2.75) is 26.4 Å².